The normalized spacial score (nSPS) is 29.9. The zero-order chi connectivity index (χ0) is 10.8. The van der Waals surface area contributed by atoms with E-state index < -0.39 is 22.0 Å². The number of hydrogen-bond donors (Lipinski definition) is 2. The molecule has 0 bridgehead atoms. The molecule has 14 heavy (non-hydrogen) atoms. The van der Waals surface area contributed by atoms with Crippen molar-refractivity contribution in [3.05, 3.63) is 0 Å². The fourth-order valence-corrected chi connectivity index (χ4v) is 3.33. The molecule has 0 aromatic carbocycles. The second kappa shape index (κ2) is 4.14. The summed E-state index contributed by atoms with van der Waals surface area (Å²) in [6, 6.07) is -0.705. The Labute approximate surface area is 82.7 Å². The Balaban J connectivity index is 2.51. The van der Waals surface area contributed by atoms with Crippen LogP contribution in [-0.2, 0) is 14.6 Å². The Bertz CT molecular complexity index is 314. The van der Waals surface area contributed by atoms with E-state index in [1.807, 2.05) is 0 Å². The summed E-state index contributed by atoms with van der Waals surface area (Å²) >= 11 is 0. The van der Waals surface area contributed by atoms with E-state index in [4.69, 9.17) is 0 Å². The number of sulfone groups is 1. The van der Waals surface area contributed by atoms with Crippen molar-refractivity contribution in [1.29, 1.82) is 0 Å². The molecule has 0 aliphatic carbocycles. The van der Waals surface area contributed by atoms with Gasteiger partial charge >= 0.3 is 6.09 Å². The van der Waals surface area contributed by atoms with Crippen molar-refractivity contribution in [2.45, 2.75) is 19.0 Å². The molecule has 1 aliphatic rings. The van der Waals surface area contributed by atoms with Crippen LogP contribution in [0, 0.1) is 0 Å². The van der Waals surface area contributed by atoms with Gasteiger partial charge in [0.2, 0.25) is 0 Å². The number of ether oxygens (including phenoxy) is 1. The average Bonchev–Trinajstić information content (AvgIpc) is 2.25. The van der Waals surface area contributed by atoms with Crippen LogP contribution >= 0.6 is 0 Å². The third-order valence-electron chi connectivity index (χ3n) is 2.05. The number of nitrogens with one attached hydrogen (secondary N) is 1. The van der Waals surface area contributed by atoms with E-state index in [2.05, 4.69) is 15.8 Å². The molecule has 4 N–H and O–H groups in total. The molecular formula is C7H15N2O4S+. The second-order valence-corrected chi connectivity index (χ2v) is 5.46. The van der Waals surface area contributed by atoms with Crippen LogP contribution < -0.4 is 11.1 Å². The molecule has 1 amide bonds. The molecular weight excluding hydrogens is 208 g/mol. The number of hydrogen-bond acceptors (Lipinski definition) is 4. The predicted octanol–water partition coefficient (Wildman–Crippen LogP) is -1.86. The van der Waals surface area contributed by atoms with E-state index in [-0.39, 0.29) is 24.2 Å². The van der Waals surface area contributed by atoms with Crippen LogP contribution in [0.1, 0.15) is 6.92 Å². The lowest BCUT2D eigenvalue weighted by atomic mass is 10.2. The molecule has 6 nitrogen and oxygen atoms in total. The van der Waals surface area contributed by atoms with Crippen LogP contribution in [0.3, 0.4) is 0 Å². The summed E-state index contributed by atoms with van der Waals surface area (Å²) in [6.45, 7) is 1.96. The fraction of sp³-hybridized carbons (Fsp3) is 0.857. The van der Waals surface area contributed by atoms with Crippen LogP contribution in [0.4, 0.5) is 4.79 Å². The van der Waals surface area contributed by atoms with Crippen molar-refractivity contribution in [3.8, 4) is 0 Å². The van der Waals surface area contributed by atoms with Gasteiger partial charge in [-0.2, -0.15) is 0 Å². The van der Waals surface area contributed by atoms with Crippen molar-refractivity contribution >= 4 is 15.9 Å². The van der Waals surface area contributed by atoms with E-state index in [1.54, 1.807) is 6.92 Å². The van der Waals surface area contributed by atoms with Gasteiger partial charge in [0.1, 0.15) is 11.8 Å². The topological polar surface area (TPSA) is 100 Å². The summed E-state index contributed by atoms with van der Waals surface area (Å²) in [5, 5.41) is 2.48. The minimum atomic E-state index is -3.04. The maximum absolute atomic E-state index is 11.2. The Morgan fingerprint density at radius 3 is 2.64 bits per heavy atom. The first-order valence-corrected chi connectivity index (χ1v) is 6.23. The van der Waals surface area contributed by atoms with E-state index in [0.717, 1.165) is 0 Å². The summed E-state index contributed by atoms with van der Waals surface area (Å²) in [5.41, 5.74) is 3.68. The summed E-state index contributed by atoms with van der Waals surface area (Å²) in [6.07, 6.45) is -0.580. The van der Waals surface area contributed by atoms with Crippen molar-refractivity contribution in [3.63, 3.8) is 0 Å². The first kappa shape index (κ1) is 11.3. The summed E-state index contributed by atoms with van der Waals surface area (Å²) in [7, 11) is -3.04. The van der Waals surface area contributed by atoms with Gasteiger partial charge in [-0.15, -0.1) is 0 Å². The highest BCUT2D eigenvalue weighted by Gasteiger charge is 2.39. The largest absolute Gasteiger partial charge is 0.450 e. The summed E-state index contributed by atoms with van der Waals surface area (Å²) < 4.78 is 27.0. The Kier molecular flexibility index (Phi) is 3.33. The Hall–Kier alpha value is -0.820. The molecule has 82 valence electrons. The van der Waals surface area contributed by atoms with Crippen molar-refractivity contribution in [2.24, 2.45) is 0 Å². The summed E-state index contributed by atoms with van der Waals surface area (Å²) in [5.74, 6) is -0.00987. The lowest BCUT2D eigenvalue weighted by molar-refractivity contribution is -0.415. The van der Waals surface area contributed by atoms with Gasteiger partial charge in [-0.25, -0.2) is 13.2 Å². The van der Waals surface area contributed by atoms with Gasteiger partial charge in [-0.05, 0) is 6.92 Å². The number of alkyl carbamates (subject to hydrolysis) is 1. The van der Waals surface area contributed by atoms with Crippen molar-refractivity contribution in [1.82, 2.24) is 5.32 Å². The minimum absolute atomic E-state index is 0.0318. The highest BCUT2D eigenvalue weighted by Crippen LogP contribution is 2.09. The smallest absolute Gasteiger partial charge is 0.407 e. The van der Waals surface area contributed by atoms with Crippen LogP contribution in [0.5, 0.6) is 0 Å². The third kappa shape index (κ3) is 2.85. The SMILES string of the molecule is CCOC(=O)N[C@H]1CS(=O)(=O)C[C@@H]1[NH3+]. The summed E-state index contributed by atoms with van der Waals surface area (Å²) in [4.78, 5) is 11.0. The molecule has 0 spiro atoms. The maximum atomic E-state index is 11.2. The highest BCUT2D eigenvalue weighted by atomic mass is 32.2. The Morgan fingerprint density at radius 1 is 1.57 bits per heavy atom. The number of quaternary nitrogens is 1. The molecule has 1 heterocycles. The monoisotopic (exact) mass is 223 g/mol. The van der Waals surface area contributed by atoms with Gasteiger partial charge in [-0.1, -0.05) is 0 Å². The molecule has 7 heteroatoms. The fourth-order valence-electron chi connectivity index (χ4n) is 1.40. The molecule has 0 unspecified atom stereocenters. The van der Waals surface area contributed by atoms with Crippen molar-refractivity contribution < 1.29 is 23.7 Å². The van der Waals surface area contributed by atoms with Gasteiger partial charge in [0.25, 0.3) is 0 Å². The number of rotatable bonds is 2. The first-order chi connectivity index (χ1) is 6.44. The molecule has 1 aliphatic heterocycles. The highest BCUT2D eigenvalue weighted by molar-refractivity contribution is 7.91. The molecule has 1 fully saturated rings. The van der Waals surface area contributed by atoms with Gasteiger partial charge in [-0.3, -0.25) is 0 Å². The Morgan fingerprint density at radius 2 is 2.21 bits per heavy atom. The number of carbonyl (C=O) groups excluding carboxylic acids is 1. The molecule has 0 radical (unpaired) electrons. The number of amides is 1. The molecule has 2 atom stereocenters. The lowest BCUT2D eigenvalue weighted by Gasteiger charge is -2.12. The first-order valence-electron chi connectivity index (χ1n) is 4.41. The molecule has 1 saturated heterocycles. The van der Waals surface area contributed by atoms with E-state index >= 15 is 0 Å². The van der Waals surface area contributed by atoms with Gasteiger partial charge < -0.3 is 15.8 Å². The third-order valence-corrected chi connectivity index (χ3v) is 3.85. The molecule has 0 aromatic rings. The van der Waals surface area contributed by atoms with Gasteiger partial charge in [0.15, 0.2) is 9.84 Å². The standard InChI is InChI=1S/C7H14N2O4S/c1-2-13-7(10)9-6-4-14(11,12)3-5(6)8/h5-6H,2-4,8H2,1H3,(H,9,10)/p+1/t5-,6-/m0/s1. The minimum Gasteiger partial charge on any atom is -0.450 e. The zero-order valence-corrected chi connectivity index (χ0v) is 8.84. The van der Waals surface area contributed by atoms with Crippen LogP contribution in [0.25, 0.3) is 0 Å². The van der Waals surface area contributed by atoms with E-state index in [1.165, 1.54) is 0 Å². The van der Waals surface area contributed by atoms with Crippen LogP contribution in [-0.4, -0.2) is 44.7 Å². The van der Waals surface area contributed by atoms with Crippen LogP contribution in [0.2, 0.25) is 0 Å². The van der Waals surface area contributed by atoms with Gasteiger partial charge in [0, 0.05) is 0 Å². The maximum Gasteiger partial charge on any atom is 0.407 e. The lowest BCUT2D eigenvalue weighted by Crippen LogP contribution is -2.69. The average molecular weight is 223 g/mol. The quantitative estimate of drug-likeness (QED) is 0.573. The van der Waals surface area contributed by atoms with E-state index in [0.29, 0.717) is 0 Å². The zero-order valence-electron chi connectivity index (χ0n) is 8.02. The molecule has 1 rings (SSSR count). The van der Waals surface area contributed by atoms with Crippen LogP contribution in [0.15, 0.2) is 0 Å². The number of carbonyl (C=O) groups is 1. The van der Waals surface area contributed by atoms with Gasteiger partial charge in [0.05, 0.1) is 18.4 Å². The molecule has 0 saturated carbocycles. The van der Waals surface area contributed by atoms with E-state index in [9.17, 15) is 13.2 Å². The molecule has 0 aromatic heterocycles. The predicted molar refractivity (Wildman–Crippen MR) is 49.3 cm³/mol. The van der Waals surface area contributed by atoms with Crippen molar-refractivity contribution in [2.75, 3.05) is 18.1 Å². The second-order valence-electron chi connectivity index (χ2n) is 3.31.